The van der Waals surface area contributed by atoms with Gasteiger partial charge in [0.25, 0.3) is 0 Å². The fourth-order valence-corrected chi connectivity index (χ4v) is 1.12. The Morgan fingerprint density at radius 2 is 2.29 bits per heavy atom. The predicted molar refractivity (Wildman–Crippen MR) is 46.5 cm³/mol. The van der Waals surface area contributed by atoms with Crippen molar-refractivity contribution in [3.8, 4) is 0 Å². The molecule has 1 aliphatic heterocycles. The second-order valence-corrected chi connectivity index (χ2v) is 3.00. The van der Waals surface area contributed by atoms with E-state index in [2.05, 4.69) is 11.3 Å². The largest absolute Gasteiger partial charge is 0.502 e. The number of aliphatic hydroxyl groups is 1. The van der Waals surface area contributed by atoms with Crippen molar-refractivity contribution < 1.29 is 24.2 Å². The lowest BCUT2D eigenvalue weighted by molar-refractivity contribution is -0.165. The molecule has 1 atom stereocenters. The molecule has 0 aliphatic carbocycles. The number of cyclic esters (lactones) is 1. The van der Waals surface area contributed by atoms with Crippen LogP contribution in [0.4, 0.5) is 0 Å². The van der Waals surface area contributed by atoms with Crippen molar-refractivity contribution in [3.63, 3.8) is 0 Å². The number of aliphatic hydroxyl groups excluding tert-OH is 1. The summed E-state index contributed by atoms with van der Waals surface area (Å²) in [7, 11) is 0. The predicted octanol–water partition coefficient (Wildman–Crippen LogP) is 0.697. The molecule has 0 aromatic carbocycles. The van der Waals surface area contributed by atoms with Crippen LogP contribution in [0.5, 0.6) is 0 Å². The summed E-state index contributed by atoms with van der Waals surface area (Å²) in [4.78, 5) is 22.1. The topological polar surface area (TPSA) is 72.8 Å². The molecule has 0 amide bonds. The van der Waals surface area contributed by atoms with Crippen molar-refractivity contribution in [2.75, 3.05) is 6.61 Å². The lowest BCUT2D eigenvalue weighted by Crippen LogP contribution is -2.28. The summed E-state index contributed by atoms with van der Waals surface area (Å²) in [5.74, 6) is -2.24. The van der Waals surface area contributed by atoms with Gasteiger partial charge >= 0.3 is 11.9 Å². The number of hydrogen-bond acceptors (Lipinski definition) is 5. The number of esters is 2. The first-order valence-corrected chi connectivity index (χ1v) is 4.36. The minimum absolute atomic E-state index is 0.354. The molecule has 1 saturated heterocycles. The summed E-state index contributed by atoms with van der Waals surface area (Å²) in [6.45, 7) is 3.35. The molecule has 5 heteroatoms. The standard InChI is InChI=1S/C9H12O5/c1-6(10)8(11)14-7-4-2-3-5-13-9(7)12/h7,10H,1-5H2. The van der Waals surface area contributed by atoms with E-state index >= 15 is 0 Å². The molecule has 1 fully saturated rings. The van der Waals surface area contributed by atoms with Gasteiger partial charge in [-0.3, -0.25) is 0 Å². The molecule has 0 bridgehead atoms. The number of carbonyl (C=O) groups excluding carboxylic acids is 2. The second-order valence-electron chi connectivity index (χ2n) is 3.00. The van der Waals surface area contributed by atoms with Gasteiger partial charge in [-0.05, 0) is 25.8 Å². The Kier molecular flexibility index (Phi) is 3.50. The maximum Gasteiger partial charge on any atom is 0.373 e. The molecule has 5 nitrogen and oxygen atoms in total. The SMILES string of the molecule is C=C(O)C(=O)OC1CCCCOC1=O. The van der Waals surface area contributed by atoms with E-state index in [0.29, 0.717) is 13.0 Å². The fraction of sp³-hybridized carbons (Fsp3) is 0.556. The van der Waals surface area contributed by atoms with Crippen LogP contribution in [0, 0.1) is 0 Å². The highest BCUT2D eigenvalue weighted by atomic mass is 16.6. The van der Waals surface area contributed by atoms with Crippen LogP contribution in [0.1, 0.15) is 19.3 Å². The molecule has 1 N–H and O–H groups in total. The van der Waals surface area contributed by atoms with Gasteiger partial charge in [-0.25, -0.2) is 9.59 Å². The molecule has 78 valence electrons. The van der Waals surface area contributed by atoms with Crippen LogP contribution in [-0.2, 0) is 19.1 Å². The quantitative estimate of drug-likeness (QED) is 0.403. The first-order chi connectivity index (χ1) is 6.61. The lowest BCUT2D eigenvalue weighted by Gasteiger charge is -2.12. The Morgan fingerprint density at radius 3 is 2.93 bits per heavy atom. The molecule has 0 radical (unpaired) electrons. The molecule has 1 unspecified atom stereocenters. The summed E-state index contributed by atoms with van der Waals surface area (Å²) in [5, 5.41) is 8.69. The average molecular weight is 200 g/mol. The number of rotatable bonds is 2. The summed E-state index contributed by atoms with van der Waals surface area (Å²) >= 11 is 0. The van der Waals surface area contributed by atoms with Crippen LogP contribution >= 0.6 is 0 Å². The highest BCUT2D eigenvalue weighted by molar-refractivity contribution is 5.87. The number of carbonyl (C=O) groups is 2. The number of ether oxygens (including phenoxy) is 2. The van der Waals surface area contributed by atoms with Gasteiger partial charge in [0, 0.05) is 0 Å². The van der Waals surface area contributed by atoms with E-state index in [4.69, 9.17) is 9.84 Å². The van der Waals surface area contributed by atoms with Crippen molar-refractivity contribution in [2.45, 2.75) is 25.4 Å². The fourth-order valence-electron chi connectivity index (χ4n) is 1.12. The smallest absolute Gasteiger partial charge is 0.373 e. The third-order valence-electron chi connectivity index (χ3n) is 1.85. The molecular formula is C9H12O5. The summed E-state index contributed by atoms with van der Waals surface area (Å²) in [5.41, 5.74) is 0. The molecule has 0 spiro atoms. The van der Waals surface area contributed by atoms with Gasteiger partial charge in [-0.2, -0.15) is 0 Å². The van der Waals surface area contributed by atoms with Crippen molar-refractivity contribution in [2.24, 2.45) is 0 Å². The average Bonchev–Trinajstić information content (AvgIpc) is 2.32. The molecule has 1 rings (SSSR count). The molecular weight excluding hydrogens is 188 g/mol. The molecule has 1 heterocycles. The molecule has 0 saturated carbocycles. The van der Waals surface area contributed by atoms with E-state index in [-0.39, 0.29) is 0 Å². The molecule has 14 heavy (non-hydrogen) atoms. The van der Waals surface area contributed by atoms with Gasteiger partial charge in [-0.15, -0.1) is 0 Å². The Morgan fingerprint density at radius 1 is 1.57 bits per heavy atom. The lowest BCUT2D eigenvalue weighted by atomic mass is 10.2. The zero-order chi connectivity index (χ0) is 10.6. The van der Waals surface area contributed by atoms with Crippen molar-refractivity contribution in [3.05, 3.63) is 12.3 Å². The van der Waals surface area contributed by atoms with Gasteiger partial charge in [0.15, 0.2) is 11.9 Å². The van der Waals surface area contributed by atoms with Crippen molar-refractivity contribution in [1.82, 2.24) is 0 Å². The Labute approximate surface area is 81.3 Å². The molecule has 0 aromatic rings. The van der Waals surface area contributed by atoms with E-state index in [1.807, 2.05) is 0 Å². The third-order valence-corrected chi connectivity index (χ3v) is 1.85. The Hall–Kier alpha value is -1.52. The zero-order valence-electron chi connectivity index (χ0n) is 7.69. The minimum atomic E-state index is -0.978. The molecule has 0 aromatic heterocycles. The van der Waals surface area contributed by atoms with Gasteiger partial charge in [0.2, 0.25) is 0 Å². The van der Waals surface area contributed by atoms with E-state index in [0.717, 1.165) is 12.8 Å². The van der Waals surface area contributed by atoms with E-state index in [1.165, 1.54) is 0 Å². The van der Waals surface area contributed by atoms with Crippen molar-refractivity contribution >= 4 is 11.9 Å². The first-order valence-electron chi connectivity index (χ1n) is 4.36. The van der Waals surface area contributed by atoms with Crippen LogP contribution in [0.2, 0.25) is 0 Å². The normalized spacial score (nSPS) is 22.0. The van der Waals surface area contributed by atoms with Crippen LogP contribution in [0.15, 0.2) is 12.3 Å². The van der Waals surface area contributed by atoms with Gasteiger partial charge in [0.1, 0.15) is 0 Å². The number of hydrogen-bond donors (Lipinski definition) is 1. The van der Waals surface area contributed by atoms with Gasteiger partial charge in [0.05, 0.1) is 6.61 Å². The summed E-state index contributed by atoms with van der Waals surface area (Å²) in [6.07, 6.45) is 1.04. The highest BCUT2D eigenvalue weighted by Gasteiger charge is 2.26. The van der Waals surface area contributed by atoms with Gasteiger partial charge in [-0.1, -0.05) is 0 Å². The van der Waals surface area contributed by atoms with E-state index in [9.17, 15) is 9.59 Å². The minimum Gasteiger partial charge on any atom is -0.502 e. The van der Waals surface area contributed by atoms with E-state index < -0.39 is 23.8 Å². The Balaban J connectivity index is 2.52. The van der Waals surface area contributed by atoms with E-state index in [1.54, 1.807) is 0 Å². The summed E-state index contributed by atoms with van der Waals surface area (Å²) in [6, 6.07) is 0. The van der Waals surface area contributed by atoms with Gasteiger partial charge < -0.3 is 14.6 Å². The van der Waals surface area contributed by atoms with Crippen molar-refractivity contribution in [1.29, 1.82) is 0 Å². The summed E-state index contributed by atoms with van der Waals surface area (Å²) < 4.78 is 9.45. The van der Waals surface area contributed by atoms with Crippen LogP contribution < -0.4 is 0 Å². The highest BCUT2D eigenvalue weighted by Crippen LogP contribution is 2.13. The molecule has 1 aliphatic rings. The maximum absolute atomic E-state index is 11.2. The maximum atomic E-state index is 11.2. The Bertz CT molecular complexity index is 258. The van der Waals surface area contributed by atoms with Crippen LogP contribution in [0.25, 0.3) is 0 Å². The van der Waals surface area contributed by atoms with Crippen LogP contribution in [-0.4, -0.2) is 29.8 Å². The van der Waals surface area contributed by atoms with Crippen LogP contribution in [0.3, 0.4) is 0 Å². The monoisotopic (exact) mass is 200 g/mol. The second kappa shape index (κ2) is 4.64. The first kappa shape index (κ1) is 10.6. The zero-order valence-corrected chi connectivity index (χ0v) is 7.69. The third kappa shape index (κ3) is 2.76.